The van der Waals surface area contributed by atoms with Crippen LogP contribution in [0.5, 0.6) is 0 Å². The van der Waals surface area contributed by atoms with Crippen LogP contribution in [0.1, 0.15) is 39.2 Å². The van der Waals surface area contributed by atoms with Crippen LogP contribution in [0.25, 0.3) is 16.9 Å². The molecule has 0 saturated carbocycles. The van der Waals surface area contributed by atoms with Crippen molar-refractivity contribution < 1.29 is 14.3 Å². The van der Waals surface area contributed by atoms with Gasteiger partial charge < -0.3 is 15.4 Å². The van der Waals surface area contributed by atoms with Crippen molar-refractivity contribution in [1.82, 2.24) is 19.5 Å². The van der Waals surface area contributed by atoms with Crippen molar-refractivity contribution in [3.63, 3.8) is 0 Å². The lowest BCUT2D eigenvalue weighted by Crippen LogP contribution is -2.45. The van der Waals surface area contributed by atoms with Crippen molar-refractivity contribution in [3.05, 3.63) is 76.4 Å². The zero-order chi connectivity index (χ0) is 28.4. The number of carbonyl (C=O) groups excluding carboxylic acids is 2. The van der Waals surface area contributed by atoms with E-state index in [0.29, 0.717) is 46.6 Å². The van der Waals surface area contributed by atoms with Gasteiger partial charge in [-0.25, -0.2) is 9.78 Å². The molecule has 1 aliphatic heterocycles. The summed E-state index contributed by atoms with van der Waals surface area (Å²) in [5, 5.41) is 11.9. The van der Waals surface area contributed by atoms with Gasteiger partial charge in [0.1, 0.15) is 17.5 Å². The molecular weight excluding hydrogens is 551 g/mol. The first kappa shape index (κ1) is 27.7. The Kier molecular flexibility index (Phi) is 7.87. The second-order valence-corrected chi connectivity index (χ2v) is 11.5. The van der Waals surface area contributed by atoms with Crippen molar-refractivity contribution in [2.24, 2.45) is 0 Å². The molecule has 3 heterocycles. The van der Waals surface area contributed by atoms with E-state index < -0.39 is 17.7 Å². The van der Waals surface area contributed by atoms with Crippen LogP contribution < -0.4 is 10.6 Å². The summed E-state index contributed by atoms with van der Waals surface area (Å²) in [6.07, 6.45) is 2.53. The number of fused-ring (bicyclic) bond motifs is 1. The Morgan fingerprint density at radius 3 is 2.70 bits per heavy atom. The number of carbonyl (C=O) groups is 2. The van der Waals surface area contributed by atoms with E-state index in [-0.39, 0.29) is 5.91 Å². The molecule has 1 fully saturated rings. The van der Waals surface area contributed by atoms with Gasteiger partial charge in [0.2, 0.25) is 5.91 Å². The third-order valence-electron chi connectivity index (χ3n) is 6.44. The highest BCUT2D eigenvalue weighted by Crippen LogP contribution is 2.28. The van der Waals surface area contributed by atoms with Gasteiger partial charge in [-0.2, -0.15) is 9.61 Å². The molecule has 0 bridgehead atoms. The molecule has 0 radical (unpaired) electrons. The van der Waals surface area contributed by atoms with E-state index in [1.807, 2.05) is 63.2 Å². The summed E-state index contributed by atoms with van der Waals surface area (Å²) in [5.74, 6) is 0.478. The quantitative estimate of drug-likeness (QED) is 0.264. The van der Waals surface area contributed by atoms with Crippen LogP contribution in [-0.4, -0.2) is 49.7 Å². The molecule has 2 N–H and O–H groups in total. The van der Waals surface area contributed by atoms with Gasteiger partial charge in [0.05, 0.1) is 11.9 Å². The Labute approximate surface area is 242 Å². The third kappa shape index (κ3) is 6.32. The maximum Gasteiger partial charge on any atom is 0.410 e. The van der Waals surface area contributed by atoms with E-state index in [4.69, 9.17) is 32.9 Å². The Morgan fingerprint density at radius 1 is 1.10 bits per heavy atom. The first-order valence-electron chi connectivity index (χ1n) is 13.0. The van der Waals surface area contributed by atoms with Crippen LogP contribution in [0.15, 0.2) is 60.8 Å². The van der Waals surface area contributed by atoms with Gasteiger partial charge in [0.15, 0.2) is 5.65 Å². The molecule has 5 rings (SSSR count). The van der Waals surface area contributed by atoms with Crippen molar-refractivity contribution in [1.29, 1.82) is 0 Å². The summed E-state index contributed by atoms with van der Waals surface area (Å²) in [6.45, 7) is 6.37. The maximum atomic E-state index is 13.2. The van der Waals surface area contributed by atoms with Gasteiger partial charge >= 0.3 is 6.09 Å². The molecule has 2 aromatic heterocycles. The Hall–Kier alpha value is -3.82. The highest BCUT2D eigenvalue weighted by Gasteiger charge is 2.36. The highest BCUT2D eigenvalue weighted by atomic mass is 35.5. The summed E-state index contributed by atoms with van der Waals surface area (Å²) in [4.78, 5) is 32.1. The zero-order valence-corrected chi connectivity index (χ0v) is 24.0. The number of anilines is 2. The smallest absolute Gasteiger partial charge is 0.410 e. The van der Waals surface area contributed by atoms with Crippen LogP contribution in [0.4, 0.5) is 16.3 Å². The Balaban J connectivity index is 1.35. The summed E-state index contributed by atoms with van der Waals surface area (Å²) < 4.78 is 7.21. The molecule has 0 aliphatic carbocycles. The lowest BCUT2D eigenvalue weighted by molar-refractivity contribution is -0.120. The number of nitrogens with one attached hydrogen (secondary N) is 2. The first-order chi connectivity index (χ1) is 19.1. The van der Waals surface area contributed by atoms with Crippen LogP contribution in [0.2, 0.25) is 10.0 Å². The van der Waals surface area contributed by atoms with Crippen molar-refractivity contribution in [2.45, 2.75) is 51.8 Å². The number of hydrogen-bond acceptors (Lipinski definition) is 6. The summed E-state index contributed by atoms with van der Waals surface area (Å²) in [5.41, 5.74) is 3.04. The monoisotopic (exact) mass is 580 g/mol. The van der Waals surface area contributed by atoms with E-state index in [2.05, 4.69) is 15.7 Å². The number of likely N-dealkylation sites (tertiary alicyclic amines) is 1. The maximum absolute atomic E-state index is 13.2. The molecule has 1 saturated heterocycles. The highest BCUT2D eigenvalue weighted by molar-refractivity contribution is 6.35. The number of amides is 2. The first-order valence-corrected chi connectivity index (χ1v) is 13.8. The lowest BCUT2D eigenvalue weighted by atomic mass is 10.1. The molecule has 9 nitrogen and oxygen atoms in total. The topological polar surface area (TPSA) is 101 Å². The number of halogens is 2. The second kappa shape index (κ2) is 11.3. The molecule has 1 aliphatic rings. The molecule has 1 atom stereocenters. The number of hydrogen-bond donors (Lipinski definition) is 2. The van der Waals surface area contributed by atoms with Crippen LogP contribution in [0.3, 0.4) is 0 Å². The Morgan fingerprint density at radius 2 is 1.93 bits per heavy atom. The van der Waals surface area contributed by atoms with Gasteiger partial charge in [-0.15, -0.1) is 0 Å². The molecule has 2 amide bonds. The predicted octanol–water partition coefficient (Wildman–Crippen LogP) is 6.65. The molecule has 40 heavy (non-hydrogen) atoms. The predicted molar refractivity (Wildman–Crippen MR) is 157 cm³/mol. The van der Waals surface area contributed by atoms with Gasteiger partial charge in [0, 0.05) is 46.5 Å². The number of ether oxygens (including phenoxy) is 1. The molecule has 1 unspecified atom stereocenters. The van der Waals surface area contributed by atoms with Gasteiger partial charge in [0.25, 0.3) is 0 Å². The van der Waals surface area contributed by atoms with E-state index in [1.165, 1.54) is 4.90 Å². The summed E-state index contributed by atoms with van der Waals surface area (Å²) in [7, 11) is 0. The van der Waals surface area contributed by atoms with E-state index >= 15 is 0 Å². The van der Waals surface area contributed by atoms with Crippen LogP contribution in [0, 0.1) is 0 Å². The van der Waals surface area contributed by atoms with Gasteiger partial charge in [-0.3, -0.25) is 9.69 Å². The van der Waals surface area contributed by atoms with Gasteiger partial charge in [-0.05, 0) is 63.4 Å². The fourth-order valence-corrected chi connectivity index (χ4v) is 5.07. The van der Waals surface area contributed by atoms with E-state index in [1.54, 1.807) is 22.8 Å². The minimum Gasteiger partial charge on any atom is -0.444 e. The van der Waals surface area contributed by atoms with E-state index in [0.717, 1.165) is 23.4 Å². The standard InChI is InChI=1S/C29H30Cl2N6O3/c1-29(2,3)40-28(39)36-13-5-8-24(36)27(38)34-21-7-4-6-18(14-21)23-16-26(37-25(35-23)11-12-33-37)32-17-19-9-10-20(30)15-22(19)31/h4,6-7,9-12,14-16,24,32H,5,8,13,17H2,1-3H3,(H,34,38). The zero-order valence-electron chi connectivity index (χ0n) is 22.4. The molecule has 4 aromatic rings. The third-order valence-corrected chi connectivity index (χ3v) is 7.03. The second-order valence-electron chi connectivity index (χ2n) is 10.6. The number of aromatic nitrogens is 3. The average molecular weight is 582 g/mol. The fraction of sp³-hybridized carbons (Fsp3) is 0.310. The van der Waals surface area contributed by atoms with Crippen molar-refractivity contribution >= 4 is 52.4 Å². The van der Waals surface area contributed by atoms with E-state index in [9.17, 15) is 9.59 Å². The normalized spacial score (nSPS) is 15.3. The lowest BCUT2D eigenvalue weighted by Gasteiger charge is -2.28. The summed E-state index contributed by atoms with van der Waals surface area (Å²) in [6, 6.07) is 16.0. The molecular formula is C29H30Cl2N6O3. The van der Waals surface area contributed by atoms with Crippen LogP contribution >= 0.6 is 23.2 Å². The molecule has 11 heteroatoms. The van der Waals surface area contributed by atoms with Crippen LogP contribution in [-0.2, 0) is 16.1 Å². The SMILES string of the molecule is CC(C)(C)OC(=O)N1CCCC1C(=O)Nc1cccc(-c2cc(NCc3ccc(Cl)cc3Cl)n3nccc3n2)c1. The average Bonchev–Trinajstić information content (AvgIpc) is 3.57. The minimum atomic E-state index is -0.632. The fourth-order valence-electron chi connectivity index (χ4n) is 4.60. The Bertz CT molecular complexity index is 1570. The van der Waals surface area contributed by atoms with Gasteiger partial charge in [-0.1, -0.05) is 41.4 Å². The molecule has 0 spiro atoms. The van der Waals surface area contributed by atoms with Crippen molar-refractivity contribution in [3.8, 4) is 11.3 Å². The summed E-state index contributed by atoms with van der Waals surface area (Å²) >= 11 is 12.4. The molecule has 2 aromatic carbocycles. The number of benzene rings is 2. The molecule has 208 valence electrons. The van der Waals surface area contributed by atoms with Crippen molar-refractivity contribution in [2.75, 3.05) is 17.2 Å². The number of rotatable bonds is 6. The number of nitrogens with zero attached hydrogens (tertiary/aromatic N) is 4. The minimum absolute atomic E-state index is 0.248. The largest absolute Gasteiger partial charge is 0.444 e.